The lowest BCUT2D eigenvalue weighted by Crippen LogP contribution is -2.29. The summed E-state index contributed by atoms with van der Waals surface area (Å²) in [6.07, 6.45) is 0. The molecule has 0 bridgehead atoms. The molecule has 2 rings (SSSR count). The number of ether oxygens (including phenoxy) is 2. The summed E-state index contributed by atoms with van der Waals surface area (Å²) in [7, 11) is -0.573. The van der Waals surface area contributed by atoms with Gasteiger partial charge in [0, 0.05) is 20.2 Å². The molecule has 17 heavy (non-hydrogen) atoms. The second kappa shape index (κ2) is 4.42. The number of benzene rings is 1. The Morgan fingerprint density at radius 3 is 2.47 bits per heavy atom. The van der Waals surface area contributed by atoms with Gasteiger partial charge in [-0.25, -0.2) is 0 Å². The average Bonchev–Trinajstić information content (AvgIpc) is 2.28. The van der Waals surface area contributed by atoms with Crippen LogP contribution in [0, 0.1) is 0 Å². The molecule has 0 spiro atoms. The molecule has 1 aliphatic heterocycles. The van der Waals surface area contributed by atoms with Crippen molar-refractivity contribution in [2.45, 2.75) is 0 Å². The largest absolute Gasteiger partial charge is 0.486 e. The zero-order valence-corrected chi connectivity index (χ0v) is 10.5. The first-order valence-corrected chi connectivity index (χ1v) is 6.53. The third-order valence-electron chi connectivity index (χ3n) is 2.27. The Morgan fingerprint density at radius 1 is 1.18 bits per heavy atom. The van der Waals surface area contributed by atoms with Crippen LogP contribution in [-0.4, -0.2) is 40.0 Å². The summed E-state index contributed by atoms with van der Waals surface area (Å²) in [5.41, 5.74) is 0.447. The summed E-state index contributed by atoms with van der Waals surface area (Å²) in [4.78, 5) is 0. The van der Waals surface area contributed by atoms with Crippen LogP contribution in [0.2, 0.25) is 0 Å². The quantitative estimate of drug-likeness (QED) is 0.865. The molecule has 94 valence electrons. The standard InChI is InChI=1S/C10H14N2O4S/c1-12(2)17(13,14)11-8-3-4-9-10(7-8)16-6-5-15-9/h3-4,7,11H,5-6H2,1-2H3. The van der Waals surface area contributed by atoms with Crippen LogP contribution >= 0.6 is 0 Å². The fourth-order valence-corrected chi connectivity index (χ4v) is 1.95. The topological polar surface area (TPSA) is 67.9 Å². The zero-order chi connectivity index (χ0) is 12.5. The average molecular weight is 258 g/mol. The van der Waals surface area contributed by atoms with Gasteiger partial charge in [0.15, 0.2) is 11.5 Å². The molecule has 0 aromatic heterocycles. The van der Waals surface area contributed by atoms with E-state index in [1.165, 1.54) is 14.1 Å². The van der Waals surface area contributed by atoms with Crippen LogP contribution in [0.15, 0.2) is 18.2 Å². The number of rotatable bonds is 3. The summed E-state index contributed by atoms with van der Waals surface area (Å²) in [5, 5.41) is 0. The molecule has 6 nitrogen and oxygen atoms in total. The maximum atomic E-state index is 11.6. The van der Waals surface area contributed by atoms with Gasteiger partial charge in [-0.15, -0.1) is 0 Å². The molecule has 0 radical (unpaired) electrons. The Balaban J connectivity index is 2.23. The van der Waals surface area contributed by atoms with E-state index in [1.54, 1.807) is 18.2 Å². The minimum atomic E-state index is -3.49. The van der Waals surface area contributed by atoms with Gasteiger partial charge in [0.2, 0.25) is 0 Å². The number of hydrogen-bond acceptors (Lipinski definition) is 4. The minimum Gasteiger partial charge on any atom is -0.486 e. The van der Waals surface area contributed by atoms with Gasteiger partial charge in [-0.2, -0.15) is 12.7 Å². The molecule has 0 atom stereocenters. The van der Waals surface area contributed by atoms with Crippen LogP contribution < -0.4 is 14.2 Å². The van der Waals surface area contributed by atoms with Crippen LogP contribution in [0.25, 0.3) is 0 Å². The fourth-order valence-electron chi connectivity index (χ4n) is 1.35. The van der Waals surface area contributed by atoms with Gasteiger partial charge in [0.05, 0.1) is 5.69 Å². The fraction of sp³-hybridized carbons (Fsp3) is 0.400. The molecule has 0 aliphatic carbocycles. The van der Waals surface area contributed by atoms with Crippen molar-refractivity contribution in [2.75, 3.05) is 32.0 Å². The highest BCUT2D eigenvalue weighted by molar-refractivity contribution is 7.90. The number of nitrogens with zero attached hydrogens (tertiary/aromatic N) is 1. The van der Waals surface area contributed by atoms with Crippen molar-refractivity contribution < 1.29 is 17.9 Å². The molecular weight excluding hydrogens is 244 g/mol. The summed E-state index contributed by atoms with van der Waals surface area (Å²) in [5.74, 6) is 1.18. The maximum Gasteiger partial charge on any atom is 0.301 e. The van der Waals surface area contributed by atoms with Gasteiger partial charge in [-0.05, 0) is 12.1 Å². The van der Waals surface area contributed by atoms with E-state index in [1.807, 2.05) is 0 Å². The lowest BCUT2D eigenvalue weighted by atomic mass is 10.3. The Kier molecular flexibility index (Phi) is 3.12. The highest BCUT2D eigenvalue weighted by Gasteiger charge is 2.16. The molecule has 0 unspecified atom stereocenters. The lowest BCUT2D eigenvalue weighted by Gasteiger charge is -2.19. The van der Waals surface area contributed by atoms with Crippen LogP contribution in [0.3, 0.4) is 0 Å². The first-order chi connectivity index (χ1) is 7.99. The van der Waals surface area contributed by atoms with Crippen molar-refractivity contribution >= 4 is 15.9 Å². The minimum absolute atomic E-state index is 0.447. The van der Waals surface area contributed by atoms with E-state index in [2.05, 4.69) is 4.72 Å². The maximum absolute atomic E-state index is 11.6. The summed E-state index contributed by atoms with van der Waals surface area (Å²) >= 11 is 0. The monoisotopic (exact) mass is 258 g/mol. The van der Waals surface area contributed by atoms with Gasteiger partial charge in [0.1, 0.15) is 13.2 Å². The number of hydrogen-bond donors (Lipinski definition) is 1. The number of fused-ring (bicyclic) bond motifs is 1. The Labute approximate surface area is 100 Å². The third kappa shape index (κ3) is 2.62. The van der Waals surface area contributed by atoms with Crippen molar-refractivity contribution in [3.63, 3.8) is 0 Å². The Bertz CT molecular complexity index is 513. The molecule has 1 heterocycles. The van der Waals surface area contributed by atoms with Crippen molar-refractivity contribution in [3.8, 4) is 11.5 Å². The van der Waals surface area contributed by atoms with Crippen LogP contribution in [0.4, 0.5) is 5.69 Å². The second-order valence-corrected chi connectivity index (χ2v) is 5.63. The molecule has 0 fully saturated rings. The molecule has 0 amide bonds. The molecule has 1 aromatic rings. The molecule has 1 aromatic carbocycles. The predicted octanol–water partition coefficient (Wildman–Crippen LogP) is 0.676. The molecule has 1 N–H and O–H groups in total. The van der Waals surface area contributed by atoms with E-state index in [4.69, 9.17) is 9.47 Å². The van der Waals surface area contributed by atoms with E-state index < -0.39 is 10.2 Å². The molecule has 1 aliphatic rings. The zero-order valence-electron chi connectivity index (χ0n) is 9.63. The third-order valence-corrected chi connectivity index (χ3v) is 3.72. The summed E-state index contributed by atoms with van der Waals surface area (Å²) in [6.45, 7) is 0.979. The normalized spacial score (nSPS) is 14.8. The van der Waals surface area contributed by atoms with Crippen molar-refractivity contribution in [2.24, 2.45) is 0 Å². The van der Waals surface area contributed by atoms with Gasteiger partial charge in [0.25, 0.3) is 0 Å². The van der Waals surface area contributed by atoms with Gasteiger partial charge < -0.3 is 9.47 Å². The van der Waals surface area contributed by atoms with E-state index in [0.717, 1.165) is 4.31 Å². The predicted molar refractivity (Wildman–Crippen MR) is 63.7 cm³/mol. The first-order valence-electron chi connectivity index (χ1n) is 5.09. The van der Waals surface area contributed by atoms with E-state index in [0.29, 0.717) is 30.4 Å². The summed E-state index contributed by atoms with van der Waals surface area (Å²) < 4.78 is 37.5. The van der Waals surface area contributed by atoms with Crippen LogP contribution in [0.1, 0.15) is 0 Å². The lowest BCUT2D eigenvalue weighted by molar-refractivity contribution is 0.171. The number of nitrogens with one attached hydrogen (secondary N) is 1. The summed E-state index contributed by atoms with van der Waals surface area (Å²) in [6, 6.07) is 4.92. The Morgan fingerprint density at radius 2 is 1.82 bits per heavy atom. The SMILES string of the molecule is CN(C)S(=O)(=O)Nc1ccc2c(c1)OCCO2. The van der Waals surface area contributed by atoms with E-state index in [-0.39, 0.29) is 0 Å². The highest BCUT2D eigenvalue weighted by Crippen LogP contribution is 2.32. The molecule has 0 saturated carbocycles. The van der Waals surface area contributed by atoms with Crippen LogP contribution in [-0.2, 0) is 10.2 Å². The number of anilines is 1. The van der Waals surface area contributed by atoms with Crippen molar-refractivity contribution in [1.82, 2.24) is 4.31 Å². The van der Waals surface area contributed by atoms with Crippen molar-refractivity contribution in [1.29, 1.82) is 0 Å². The molecule has 7 heteroatoms. The molecular formula is C10H14N2O4S. The van der Waals surface area contributed by atoms with Crippen LogP contribution in [0.5, 0.6) is 11.5 Å². The Hall–Kier alpha value is -1.47. The highest BCUT2D eigenvalue weighted by atomic mass is 32.2. The van der Waals surface area contributed by atoms with Crippen molar-refractivity contribution in [3.05, 3.63) is 18.2 Å². The molecule has 0 saturated heterocycles. The first kappa shape index (κ1) is 12.0. The van der Waals surface area contributed by atoms with E-state index >= 15 is 0 Å². The van der Waals surface area contributed by atoms with E-state index in [9.17, 15) is 8.42 Å². The second-order valence-electron chi connectivity index (χ2n) is 3.75. The van der Waals surface area contributed by atoms with Gasteiger partial charge >= 0.3 is 10.2 Å². The van der Waals surface area contributed by atoms with Gasteiger partial charge in [-0.1, -0.05) is 0 Å². The van der Waals surface area contributed by atoms with Gasteiger partial charge in [-0.3, -0.25) is 4.72 Å². The smallest absolute Gasteiger partial charge is 0.301 e.